The molecule has 0 bridgehead atoms. The predicted octanol–water partition coefficient (Wildman–Crippen LogP) is 3.16. The Hall–Kier alpha value is -0.770. The summed E-state index contributed by atoms with van der Waals surface area (Å²) in [7, 11) is 0. The maximum absolute atomic E-state index is 12.4. The molecule has 118 valence electrons. The van der Waals surface area contributed by atoms with Crippen molar-refractivity contribution < 1.29 is 4.79 Å². The number of amides is 1. The fourth-order valence-corrected chi connectivity index (χ4v) is 2.68. The van der Waals surface area contributed by atoms with Crippen LogP contribution in [0.2, 0.25) is 5.02 Å². The van der Waals surface area contributed by atoms with Crippen LogP contribution < -0.4 is 10.6 Å². The van der Waals surface area contributed by atoms with Crippen molar-refractivity contribution in [2.45, 2.75) is 32.1 Å². The summed E-state index contributed by atoms with van der Waals surface area (Å²) in [5.74, 6) is 0.624. The summed E-state index contributed by atoms with van der Waals surface area (Å²) in [6.45, 7) is 6.75. The van der Waals surface area contributed by atoms with E-state index in [2.05, 4.69) is 10.6 Å². The van der Waals surface area contributed by atoms with Gasteiger partial charge in [-0.15, -0.1) is 12.4 Å². The Morgan fingerprint density at radius 2 is 2.05 bits per heavy atom. The van der Waals surface area contributed by atoms with Gasteiger partial charge in [-0.2, -0.15) is 0 Å². The van der Waals surface area contributed by atoms with Gasteiger partial charge in [-0.3, -0.25) is 4.79 Å². The first-order valence-electron chi connectivity index (χ1n) is 7.25. The molecular formula is C16H24Cl2N2O. The second kappa shape index (κ2) is 8.02. The van der Waals surface area contributed by atoms with E-state index in [-0.39, 0.29) is 18.3 Å². The summed E-state index contributed by atoms with van der Waals surface area (Å²) in [6.07, 6.45) is 2.38. The van der Waals surface area contributed by atoms with E-state index in [4.69, 9.17) is 11.6 Å². The van der Waals surface area contributed by atoms with Gasteiger partial charge in [0.15, 0.2) is 0 Å². The third-order valence-electron chi connectivity index (χ3n) is 4.08. The topological polar surface area (TPSA) is 41.1 Å². The lowest BCUT2D eigenvalue weighted by atomic mass is 9.83. The summed E-state index contributed by atoms with van der Waals surface area (Å²) >= 11 is 5.90. The van der Waals surface area contributed by atoms with E-state index in [9.17, 15) is 4.79 Å². The van der Waals surface area contributed by atoms with Crippen LogP contribution in [0.3, 0.4) is 0 Å². The molecule has 1 aromatic carbocycles. The van der Waals surface area contributed by atoms with Crippen LogP contribution in [0.4, 0.5) is 0 Å². The molecule has 0 saturated carbocycles. The Morgan fingerprint density at radius 1 is 1.38 bits per heavy atom. The van der Waals surface area contributed by atoms with Crippen molar-refractivity contribution in [3.8, 4) is 0 Å². The first-order chi connectivity index (χ1) is 9.50. The van der Waals surface area contributed by atoms with Crippen LogP contribution in [0.15, 0.2) is 24.3 Å². The van der Waals surface area contributed by atoms with Crippen LogP contribution in [0, 0.1) is 5.92 Å². The Morgan fingerprint density at radius 3 is 2.62 bits per heavy atom. The molecule has 1 fully saturated rings. The smallest absolute Gasteiger partial charge is 0.230 e. The monoisotopic (exact) mass is 330 g/mol. The molecule has 5 heteroatoms. The summed E-state index contributed by atoms with van der Waals surface area (Å²) in [6, 6.07) is 7.50. The number of piperidine rings is 1. The van der Waals surface area contributed by atoms with Crippen LogP contribution in [0.25, 0.3) is 0 Å². The Labute approximate surface area is 138 Å². The molecule has 1 atom stereocenters. The molecule has 21 heavy (non-hydrogen) atoms. The van der Waals surface area contributed by atoms with E-state index in [0.29, 0.717) is 10.9 Å². The molecule has 1 aliphatic heterocycles. The third-order valence-corrected chi connectivity index (χ3v) is 4.34. The number of hydrogen-bond donors (Lipinski definition) is 2. The van der Waals surface area contributed by atoms with Crippen molar-refractivity contribution in [1.29, 1.82) is 0 Å². The van der Waals surface area contributed by atoms with Crippen molar-refractivity contribution in [3.05, 3.63) is 34.9 Å². The molecule has 1 saturated heterocycles. The van der Waals surface area contributed by atoms with E-state index in [1.807, 2.05) is 38.1 Å². The van der Waals surface area contributed by atoms with Crippen molar-refractivity contribution >= 4 is 29.9 Å². The molecule has 0 spiro atoms. The fourth-order valence-electron chi connectivity index (χ4n) is 2.55. The predicted molar refractivity (Wildman–Crippen MR) is 90.3 cm³/mol. The first-order valence-corrected chi connectivity index (χ1v) is 7.63. The van der Waals surface area contributed by atoms with Gasteiger partial charge in [0.25, 0.3) is 0 Å². The number of carbonyl (C=O) groups is 1. The van der Waals surface area contributed by atoms with Crippen LogP contribution >= 0.6 is 24.0 Å². The highest BCUT2D eigenvalue weighted by molar-refractivity contribution is 6.30. The van der Waals surface area contributed by atoms with Gasteiger partial charge in [-0.05, 0) is 63.4 Å². The number of rotatable bonds is 4. The van der Waals surface area contributed by atoms with Crippen LogP contribution in [-0.4, -0.2) is 25.5 Å². The lowest BCUT2D eigenvalue weighted by Crippen LogP contribution is -2.44. The van der Waals surface area contributed by atoms with Gasteiger partial charge in [-0.25, -0.2) is 0 Å². The molecule has 3 nitrogen and oxygen atoms in total. The largest absolute Gasteiger partial charge is 0.355 e. The van der Waals surface area contributed by atoms with Crippen LogP contribution in [-0.2, 0) is 10.2 Å². The zero-order valence-electron chi connectivity index (χ0n) is 12.6. The average Bonchev–Trinajstić information content (AvgIpc) is 2.46. The van der Waals surface area contributed by atoms with Crippen molar-refractivity contribution in [2.24, 2.45) is 5.92 Å². The number of halogens is 2. The van der Waals surface area contributed by atoms with E-state index in [1.165, 1.54) is 12.8 Å². The highest BCUT2D eigenvalue weighted by Gasteiger charge is 2.30. The average molecular weight is 331 g/mol. The van der Waals surface area contributed by atoms with Crippen molar-refractivity contribution in [2.75, 3.05) is 19.6 Å². The summed E-state index contributed by atoms with van der Waals surface area (Å²) in [5, 5.41) is 7.16. The summed E-state index contributed by atoms with van der Waals surface area (Å²) < 4.78 is 0. The fraction of sp³-hybridized carbons (Fsp3) is 0.562. The highest BCUT2D eigenvalue weighted by atomic mass is 35.5. The molecule has 1 amide bonds. The molecule has 2 N–H and O–H groups in total. The highest BCUT2D eigenvalue weighted by Crippen LogP contribution is 2.25. The van der Waals surface area contributed by atoms with Gasteiger partial charge in [0.05, 0.1) is 5.41 Å². The molecule has 1 aromatic rings. The standard InChI is InChI=1S/C16H23ClN2O.ClH/c1-16(2,13-5-7-14(17)8-6-13)15(20)19-11-12-4-3-9-18-10-12;/h5-8,12,18H,3-4,9-11H2,1-2H3,(H,19,20);1H. The van der Waals surface area contributed by atoms with Crippen LogP contribution in [0.1, 0.15) is 32.3 Å². The number of hydrogen-bond acceptors (Lipinski definition) is 2. The van der Waals surface area contributed by atoms with Gasteiger partial charge in [0.1, 0.15) is 0 Å². The third kappa shape index (κ3) is 4.87. The molecule has 0 aromatic heterocycles. The van der Waals surface area contributed by atoms with Gasteiger partial charge in [0, 0.05) is 11.6 Å². The minimum atomic E-state index is -0.535. The lowest BCUT2D eigenvalue weighted by molar-refractivity contribution is -0.125. The number of nitrogens with one attached hydrogen (secondary N) is 2. The zero-order valence-corrected chi connectivity index (χ0v) is 14.2. The van der Waals surface area contributed by atoms with E-state index >= 15 is 0 Å². The van der Waals surface area contributed by atoms with Gasteiger partial charge in [-0.1, -0.05) is 23.7 Å². The number of carbonyl (C=O) groups excluding carboxylic acids is 1. The SMILES string of the molecule is CC(C)(C(=O)NCC1CCCNC1)c1ccc(Cl)cc1.Cl. The Kier molecular flexibility index (Phi) is 6.98. The molecule has 0 radical (unpaired) electrons. The minimum absolute atomic E-state index is 0. The first kappa shape index (κ1) is 18.3. The van der Waals surface area contributed by atoms with Gasteiger partial charge < -0.3 is 10.6 Å². The van der Waals surface area contributed by atoms with E-state index in [0.717, 1.165) is 25.2 Å². The molecule has 1 unspecified atom stereocenters. The normalized spacial score (nSPS) is 18.7. The second-order valence-electron chi connectivity index (χ2n) is 6.05. The minimum Gasteiger partial charge on any atom is -0.355 e. The zero-order chi connectivity index (χ0) is 14.6. The van der Waals surface area contributed by atoms with Gasteiger partial charge in [0.2, 0.25) is 5.91 Å². The second-order valence-corrected chi connectivity index (χ2v) is 6.49. The van der Waals surface area contributed by atoms with Crippen molar-refractivity contribution in [1.82, 2.24) is 10.6 Å². The quantitative estimate of drug-likeness (QED) is 0.890. The molecule has 1 heterocycles. The van der Waals surface area contributed by atoms with E-state index in [1.54, 1.807) is 0 Å². The maximum atomic E-state index is 12.4. The van der Waals surface area contributed by atoms with Gasteiger partial charge >= 0.3 is 0 Å². The van der Waals surface area contributed by atoms with Crippen molar-refractivity contribution in [3.63, 3.8) is 0 Å². The maximum Gasteiger partial charge on any atom is 0.230 e. The summed E-state index contributed by atoms with van der Waals surface area (Å²) in [4.78, 5) is 12.4. The number of benzene rings is 1. The van der Waals surface area contributed by atoms with E-state index < -0.39 is 5.41 Å². The molecular weight excluding hydrogens is 307 g/mol. The lowest BCUT2D eigenvalue weighted by Gasteiger charge is -2.27. The Balaban J connectivity index is 0.00000220. The molecule has 2 rings (SSSR count). The Bertz CT molecular complexity index is 454. The summed E-state index contributed by atoms with van der Waals surface area (Å²) in [5.41, 5.74) is 0.452. The van der Waals surface area contributed by atoms with Crippen LogP contribution in [0.5, 0.6) is 0 Å². The molecule has 1 aliphatic rings. The molecule has 0 aliphatic carbocycles.